The molecule has 102 valence electrons. The molecular formula is C17H18N2O. The van der Waals surface area contributed by atoms with Gasteiger partial charge in [0.1, 0.15) is 5.69 Å². The fourth-order valence-electron chi connectivity index (χ4n) is 4.94. The van der Waals surface area contributed by atoms with Crippen LogP contribution in [0.3, 0.4) is 0 Å². The van der Waals surface area contributed by atoms with Crippen LogP contribution >= 0.6 is 0 Å². The molecule has 3 heteroatoms. The van der Waals surface area contributed by atoms with E-state index < -0.39 is 0 Å². The van der Waals surface area contributed by atoms with Crippen LogP contribution in [0.1, 0.15) is 29.8 Å². The van der Waals surface area contributed by atoms with Crippen molar-refractivity contribution in [2.24, 2.45) is 23.7 Å². The van der Waals surface area contributed by atoms with Crippen molar-refractivity contribution in [3.8, 4) is 0 Å². The Bertz CT molecular complexity index is 655. The van der Waals surface area contributed by atoms with Gasteiger partial charge in [-0.2, -0.15) is 0 Å². The smallest absolute Gasteiger partial charge is 0.267 e. The molecule has 0 saturated heterocycles. The van der Waals surface area contributed by atoms with Crippen molar-refractivity contribution in [1.29, 1.82) is 0 Å². The average Bonchev–Trinajstić information content (AvgIpc) is 2.91. The highest BCUT2D eigenvalue weighted by Crippen LogP contribution is 2.65. The summed E-state index contributed by atoms with van der Waals surface area (Å²) in [6.07, 6.45) is 4.21. The van der Waals surface area contributed by atoms with Crippen molar-refractivity contribution in [2.45, 2.75) is 25.3 Å². The van der Waals surface area contributed by atoms with E-state index in [9.17, 15) is 4.79 Å². The van der Waals surface area contributed by atoms with Crippen LogP contribution in [0.4, 0.5) is 0 Å². The van der Waals surface area contributed by atoms with Gasteiger partial charge in [0.05, 0.1) is 0 Å². The third-order valence-corrected chi connectivity index (χ3v) is 5.81. The molecule has 3 aliphatic carbocycles. The number of amides is 1. The van der Waals surface area contributed by atoms with E-state index in [1.165, 1.54) is 19.3 Å². The fraction of sp³-hybridized carbons (Fsp3) is 0.471. The number of fused-ring (bicyclic) bond motifs is 6. The van der Waals surface area contributed by atoms with Gasteiger partial charge in [-0.05, 0) is 55.1 Å². The lowest BCUT2D eigenvalue weighted by Crippen LogP contribution is -2.30. The maximum atomic E-state index is 12.4. The number of carbonyl (C=O) groups is 1. The Balaban J connectivity index is 1.36. The van der Waals surface area contributed by atoms with Crippen LogP contribution < -0.4 is 5.32 Å². The van der Waals surface area contributed by atoms with Crippen LogP contribution in [0.25, 0.3) is 10.9 Å². The van der Waals surface area contributed by atoms with E-state index in [0.29, 0.717) is 11.7 Å². The minimum atomic E-state index is 0.0694. The van der Waals surface area contributed by atoms with E-state index in [2.05, 4.69) is 10.3 Å². The summed E-state index contributed by atoms with van der Waals surface area (Å²) in [5.41, 5.74) is 1.73. The van der Waals surface area contributed by atoms with Crippen molar-refractivity contribution < 1.29 is 4.79 Å². The monoisotopic (exact) mass is 266 g/mol. The standard InChI is InChI=1S/C17H18N2O/c20-17(13-8-9-3-1-2-4-12(9)18-13)19-16-14-10-5-6-11(7-10)15(14)16/h1-4,8,10-11,14-16,18H,5-7H2,(H,19,20). The van der Waals surface area contributed by atoms with Gasteiger partial charge in [0.2, 0.25) is 0 Å². The second kappa shape index (κ2) is 3.66. The highest BCUT2D eigenvalue weighted by Gasteiger charge is 2.65. The van der Waals surface area contributed by atoms with Crippen LogP contribution in [0.2, 0.25) is 0 Å². The predicted octanol–water partition coefficient (Wildman–Crippen LogP) is 2.94. The average molecular weight is 266 g/mol. The SMILES string of the molecule is O=C(NC1C2C3CCC(C3)C12)c1cc2ccccc2[nH]1. The molecule has 20 heavy (non-hydrogen) atoms. The molecule has 0 spiro atoms. The van der Waals surface area contributed by atoms with Gasteiger partial charge in [-0.1, -0.05) is 18.2 Å². The molecule has 4 unspecified atom stereocenters. The molecule has 1 aromatic carbocycles. The Morgan fingerprint density at radius 3 is 2.65 bits per heavy atom. The number of hydrogen-bond donors (Lipinski definition) is 2. The van der Waals surface area contributed by atoms with E-state index in [4.69, 9.17) is 0 Å². The summed E-state index contributed by atoms with van der Waals surface area (Å²) in [6, 6.07) is 10.5. The zero-order chi connectivity index (χ0) is 13.3. The van der Waals surface area contributed by atoms with Gasteiger partial charge >= 0.3 is 0 Å². The molecule has 5 rings (SSSR count). The first kappa shape index (κ1) is 11.0. The molecule has 0 aliphatic heterocycles. The summed E-state index contributed by atoms with van der Waals surface area (Å²) in [6.45, 7) is 0. The Morgan fingerprint density at radius 1 is 1.15 bits per heavy atom. The van der Waals surface area contributed by atoms with Crippen LogP contribution in [-0.2, 0) is 0 Å². The van der Waals surface area contributed by atoms with Crippen LogP contribution in [0.5, 0.6) is 0 Å². The number of carbonyl (C=O) groups excluding carboxylic acids is 1. The lowest BCUT2D eigenvalue weighted by Gasteiger charge is -2.09. The van der Waals surface area contributed by atoms with E-state index in [1.54, 1.807) is 0 Å². The van der Waals surface area contributed by atoms with Crippen molar-refractivity contribution in [2.75, 3.05) is 0 Å². The minimum absolute atomic E-state index is 0.0694. The number of rotatable bonds is 2. The number of hydrogen-bond acceptors (Lipinski definition) is 1. The van der Waals surface area contributed by atoms with Gasteiger partial charge in [0.25, 0.3) is 5.91 Å². The molecule has 3 fully saturated rings. The Labute approximate surface area is 117 Å². The number of para-hydroxylation sites is 1. The van der Waals surface area contributed by atoms with Crippen LogP contribution in [0.15, 0.2) is 30.3 Å². The van der Waals surface area contributed by atoms with Crippen LogP contribution in [0, 0.1) is 23.7 Å². The Hall–Kier alpha value is -1.77. The van der Waals surface area contributed by atoms with E-state index in [0.717, 1.165) is 34.6 Å². The Kier molecular flexibility index (Phi) is 2.00. The van der Waals surface area contributed by atoms with Gasteiger partial charge in [-0.15, -0.1) is 0 Å². The summed E-state index contributed by atoms with van der Waals surface area (Å²) in [4.78, 5) is 15.6. The normalized spacial score (nSPS) is 37.1. The molecule has 3 saturated carbocycles. The van der Waals surface area contributed by atoms with Crippen molar-refractivity contribution >= 4 is 16.8 Å². The molecule has 2 aromatic rings. The topological polar surface area (TPSA) is 44.9 Å². The first-order valence-corrected chi connectivity index (χ1v) is 7.70. The zero-order valence-corrected chi connectivity index (χ0v) is 11.3. The molecule has 3 aliphatic rings. The van der Waals surface area contributed by atoms with Crippen molar-refractivity contribution in [1.82, 2.24) is 10.3 Å². The Morgan fingerprint density at radius 2 is 1.90 bits per heavy atom. The molecular weight excluding hydrogens is 248 g/mol. The number of benzene rings is 1. The summed E-state index contributed by atoms with van der Waals surface area (Å²) in [5, 5.41) is 4.37. The fourth-order valence-corrected chi connectivity index (χ4v) is 4.94. The number of nitrogens with one attached hydrogen (secondary N) is 2. The molecule has 2 N–H and O–H groups in total. The maximum Gasteiger partial charge on any atom is 0.267 e. The number of aromatic amines is 1. The van der Waals surface area contributed by atoms with E-state index in [1.807, 2.05) is 30.3 Å². The van der Waals surface area contributed by atoms with Gasteiger partial charge < -0.3 is 10.3 Å². The van der Waals surface area contributed by atoms with E-state index >= 15 is 0 Å². The van der Waals surface area contributed by atoms with E-state index in [-0.39, 0.29) is 5.91 Å². The van der Waals surface area contributed by atoms with Gasteiger partial charge in [-0.25, -0.2) is 0 Å². The highest BCUT2D eigenvalue weighted by molar-refractivity contribution is 5.98. The maximum absolute atomic E-state index is 12.4. The first-order valence-electron chi connectivity index (χ1n) is 7.70. The largest absolute Gasteiger partial charge is 0.351 e. The summed E-state index contributed by atoms with van der Waals surface area (Å²) < 4.78 is 0. The van der Waals surface area contributed by atoms with Crippen LogP contribution in [-0.4, -0.2) is 16.9 Å². The summed E-state index contributed by atoms with van der Waals surface area (Å²) in [7, 11) is 0. The van der Waals surface area contributed by atoms with Gasteiger partial charge in [0, 0.05) is 16.9 Å². The predicted molar refractivity (Wildman–Crippen MR) is 77.4 cm³/mol. The molecule has 0 radical (unpaired) electrons. The van der Waals surface area contributed by atoms with Crippen molar-refractivity contribution in [3.63, 3.8) is 0 Å². The molecule has 1 amide bonds. The summed E-state index contributed by atoms with van der Waals surface area (Å²) in [5.74, 6) is 3.46. The third kappa shape index (κ3) is 1.38. The molecule has 3 nitrogen and oxygen atoms in total. The molecule has 1 heterocycles. The number of aromatic nitrogens is 1. The van der Waals surface area contributed by atoms with Gasteiger partial charge in [0.15, 0.2) is 0 Å². The first-order chi connectivity index (χ1) is 9.81. The minimum Gasteiger partial charge on any atom is -0.351 e. The molecule has 4 atom stereocenters. The second-order valence-electron chi connectivity index (χ2n) is 6.76. The second-order valence-corrected chi connectivity index (χ2v) is 6.76. The highest BCUT2D eigenvalue weighted by atomic mass is 16.2. The zero-order valence-electron chi connectivity index (χ0n) is 11.3. The number of H-pyrrole nitrogens is 1. The molecule has 1 aromatic heterocycles. The lowest BCUT2D eigenvalue weighted by atomic mass is 10.0. The van der Waals surface area contributed by atoms with Gasteiger partial charge in [-0.3, -0.25) is 4.79 Å². The quantitative estimate of drug-likeness (QED) is 0.862. The lowest BCUT2D eigenvalue weighted by molar-refractivity contribution is 0.0940. The van der Waals surface area contributed by atoms with Crippen molar-refractivity contribution in [3.05, 3.63) is 36.0 Å². The third-order valence-electron chi connectivity index (χ3n) is 5.81. The molecule has 2 bridgehead atoms. The summed E-state index contributed by atoms with van der Waals surface area (Å²) >= 11 is 0.